The van der Waals surface area contributed by atoms with Gasteiger partial charge in [-0.3, -0.25) is 24.7 Å². The van der Waals surface area contributed by atoms with Gasteiger partial charge in [-0.2, -0.15) is 0 Å². The molecule has 0 bridgehead atoms. The molecule has 17 heteroatoms. The normalized spacial score (nSPS) is 15.0. The molecule has 1 saturated heterocycles. The molecule has 0 radical (unpaired) electrons. The molecular weight excluding hydrogens is 803 g/mol. The fourth-order valence-corrected chi connectivity index (χ4v) is 7.74. The van der Waals surface area contributed by atoms with Crippen LogP contribution in [0.15, 0.2) is 73.1 Å². The molecule has 1 fully saturated rings. The van der Waals surface area contributed by atoms with Gasteiger partial charge in [-0.1, -0.05) is 0 Å². The number of aromatic nitrogens is 3. The summed E-state index contributed by atoms with van der Waals surface area (Å²) in [6, 6.07) is 18.9. The third-order valence-corrected chi connectivity index (χ3v) is 11.1. The minimum absolute atomic E-state index is 0.212. The summed E-state index contributed by atoms with van der Waals surface area (Å²) in [6.07, 6.45) is 4.23. The quantitative estimate of drug-likeness (QED) is 0.0639. The number of fused-ring (bicyclic) bond motifs is 2. The number of nitrogens with zero attached hydrogens (tertiary/aromatic N) is 5. The number of ether oxygens (including phenoxy) is 6. The van der Waals surface area contributed by atoms with Crippen LogP contribution in [0.4, 0.5) is 11.5 Å². The van der Waals surface area contributed by atoms with E-state index < -0.39 is 11.9 Å². The van der Waals surface area contributed by atoms with Crippen LogP contribution in [0.25, 0.3) is 32.0 Å². The second-order valence-corrected chi connectivity index (χ2v) is 15.5. The summed E-state index contributed by atoms with van der Waals surface area (Å²) >= 11 is 1.67. The Morgan fingerprint density at radius 2 is 1.46 bits per heavy atom. The molecule has 1 unspecified atom stereocenters. The molecule has 322 valence electrons. The van der Waals surface area contributed by atoms with E-state index in [9.17, 15) is 14.4 Å². The monoisotopic (exact) mass is 853 g/mol. The number of nitrogens with one attached hydrogen (secondary N) is 2. The lowest BCUT2D eigenvalue weighted by atomic mass is 10.0. The maximum atomic E-state index is 12.8. The molecule has 0 aliphatic carbocycles. The number of hydrogen-bond acceptors (Lipinski definition) is 15. The van der Waals surface area contributed by atoms with Crippen LogP contribution in [0.3, 0.4) is 0 Å². The van der Waals surface area contributed by atoms with Crippen LogP contribution in [-0.2, 0) is 39.8 Å². The average Bonchev–Trinajstić information content (AvgIpc) is 3.85. The molecule has 7 rings (SSSR count). The van der Waals surface area contributed by atoms with Crippen molar-refractivity contribution in [1.29, 1.82) is 0 Å². The van der Waals surface area contributed by atoms with E-state index in [2.05, 4.69) is 49.8 Å². The third kappa shape index (κ3) is 12.1. The highest BCUT2D eigenvalue weighted by Crippen LogP contribution is 2.33. The van der Waals surface area contributed by atoms with Crippen LogP contribution < -0.4 is 20.3 Å². The summed E-state index contributed by atoms with van der Waals surface area (Å²) in [5, 5.41) is 6.54. The molecule has 5 aromatic rings. The molecule has 0 spiro atoms. The SMILES string of the molecule is CN(C)c1ccc2nc(-c3ccc(-c4ccc(NCCOCCOCCOCCOCCOCCOc5ccc6c(c5)CN(C5CCC(=O)NC5=O)C6=O)nc4)nc3)sc2c1. The summed E-state index contributed by atoms with van der Waals surface area (Å²) in [5.74, 6) is 0.435. The number of carbonyl (C=O) groups is 3. The fraction of sp³-hybridized carbons (Fsp3) is 0.409. The number of piperidine rings is 1. The third-order valence-electron chi connectivity index (χ3n) is 9.99. The molecule has 2 aliphatic rings. The molecule has 3 aromatic heterocycles. The first kappa shape index (κ1) is 43.5. The Morgan fingerprint density at radius 1 is 0.770 bits per heavy atom. The van der Waals surface area contributed by atoms with Crippen LogP contribution in [-0.4, -0.2) is 137 Å². The molecule has 61 heavy (non-hydrogen) atoms. The number of rotatable bonds is 24. The molecule has 1 atom stereocenters. The van der Waals surface area contributed by atoms with Gasteiger partial charge in [0.15, 0.2) is 0 Å². The maximum Gasteiger partial charge on any atom is 0.255 e. The van der Waals surface area contributed by atoms with Crippen molar-refractivity contribution in [3.05, 3.63) is 84.2 Å². The van der Waals surface area contributed by atoms with Crippen molar-refractivity contribution < 1.29 is 42.8 Å². The Balaban J connectivity index is 0.650. The molecule has 2 aromatic carbocycles. The summed E-state index contributed by atoms with van der Waals surface area (Å²) in [4.78, 5) is 54.2. The highest BCUT2D eigenvalue weighted by Gasteiger charge is 2.39. The Morgan fingerprint density at radius 3 is 2.11 bits per heavy atom. The molecule has 2 N–H and O–H groups in total. The van der Waals surface area contributed by atoms with Gasteiger partial charge in [0.25, 0.3) is 5.91 Å². The highest BCUT2D eigenvalue weighted by atomic mass is 32.1. The van der Waals surface area contributed by atoms with Gasteiger partial charge in [-0.25, -0.2) is 9.97 Å². The van der Waals surface area contributed by atoms with E-state index in [1.807, 2.05) is 50.8 Å². The van der Waals surface area contributed by atoms with E-state index in [0.717, 1.165) is 49.1 Å². The van der Waals surface area contributed by atoms with Crippen molar-refractivity contribution in [3.63, 3.8) is 0 Å². The topological polar surface area (TPSA) is 176 Å². The van der Waals surface area contributed by atoms with E-state index >= 15 is 0 Å². The highest BCUT2D eigenvalue weighted by molar-refractivity contribution is 7.21. The molecule has 5 heterocycles. The lowest BCUT2D eigenvalue weighted by Gasteiger charge is -2.29. The number of imide groups is 1. The van der Waals surface area contributed by atoms with Crippen LogP contribution in [0.1, 0.15) is 28.8 Å². The van der Waals surface area contributed by atoms with Gasteiger partial charge in [-0.15, -0.1) is 11.3 Å². The number of carbonyl (C=O) groups excluding carboxylic acids is 3. The Hall–Kier alpha value is -5.56. The van der Waals surface area contributed by atoms with E-state index in [1.54, 1.807) is 23.5 Å². The summed E-state index contributed by atoms with van der Waals surface area (Å²) < 4.78 is 34.9. The zero-order valence-corrected chi connectivity index (χ0v) is 35.2. The lowest BCUT2D eigenvalue weighted by Crippen LogP contribution is -2.52. The second kappa shape index (κ2) is 21.8. The number of benzene rings is 2. The number of hydrogen-bond donors (Lipinski definition) is 2. The molecule has 16 nitrogen and oxygen atoms in total. The van der Waals surface area contributed by atoms with Crippen molar-refractivity contribution in [2.24, 2.45) is 0 Å². The first-order valence-corrected chi connectivity index (χ1v) is 21.2. The van der Waals surface area contributed by atoms with E-state index in [0.29, 0.717) is 103 Å². The fourth-order valence-electron chi connectivity index (χ4n) is 6.75. The van der Waals surface area contributed by atoms with Crippen LogP contribution in [0, 0.1) is 0 Å². The van der Waals surface area contributed by atoms with Crippen molar-refractivity contribution in [3.8, 4) is 27.6 Å². The van der Waals surface area contributed by atoms with Crippen LogP contribution in [0.5, 0.6) is 5.75 Å². The van der Waals surface area contributed by atoms with Crippen molar-refractivity contribution in [1.82, 2.24) is 25.2 Å². The number of pyridine rings is 2. The van der Waals surface area contributed by atoms with Gasteiger partial charge in [0.1, 0.15) is 29.2 Å². The van der Waals surface area contributed by atoms with Crippen molar-refractivity contribution in [2.75, 3.05) is 104 Å². The first-order valence-electron chi connectivity index (χ1n) is 20.4. The predicted molar refractivity (Wildman–Crippen MR) is 231 cm³/mol. The minimum Gasteiger partial charge on any atom is -0.491 e. The van der Waals surface area contributed by atoms with Gasteiger partial charge in [0, 0.05) is 68.4 Å². The Labute approximate surface area is 358 Å². The van der Waals surface area contributed by atoms with Gasteiger partial charge in [0.2, 0.25) is 11.8 Å². The van der Waals surface area contributed by atoms with Gasteiger partial charge >= 0.3 is 0 Å². The number of anilines is 2. The molecular formula is C44H51N7O9S. The maximum absolute atomic E-state index is 12.8. The van der Waals surface area contributed by atoms with Crippen LogP contribution >= 0.6 is 11.3 Å². The Kier molecular flexibility index (Phi) is 15.6. The standard InChI is InChI=1S/C44H51N7O9S/c1-50(2)33-5-9-37-39(26-33)61-43(48-37)31-3-8-36(46-28-31)30-4-11-40(47-27-30)45-13-14-55-15-16-56-17-18-57-19-20-58-21-22-59-23-24-60-34-6-7-35-32(25-34)29-51(44(35)54)38-10-12-41(52)49-42(38)53/h3-9,11,25-28,38H,10,12-24,29H2,1-2H3,(H,45,47)(H,49,52,53). The van der Waals surface area contributed by atoms with E-state index in [1.165, 1.54) is 4.90 Å². The zero-order valence-electron chi connectivity index (χ0n) is 34.4. The smallest absolute Gasteiger partial charge is 0.255 e. The summed E-state index contributed by atoms with van der Waals surface area (Å²) in [6.45, 7) is 5.81. The van der Waals surface area contributed by atoms with Crippen molar-refractivity contribution >= 4 is 50.8 Å². The van der Waals surface area contributed by atoms with Gasteiger partial charge in [-0.05, 0) is 72.6 Å². The first-order chi connectivity index (χ1) is 29.8. The number of amides is 3. The molecule has 0 saturated carbocycles. The van der Waals surface area contributed by atoms with Gasteiger partial charge < -0.3 is 43.5 Å². The average molecular weight is 854 g/mol. The zero-order chi connectivity index (χ0) is 42.4. The summed E-state index contributed by atoms with van der Waals surface area (Å²) in [7, 11) is 4.07. The largest absolute Gasteiger partial charge is 0.491 e. The molecule has 3 amide bonds. The number of thiazole rings is 1. The van der Waals surface area contributed by atoms with Crippen LogP contribution in [0.2, 0.25) is 0 Å². The summed E-state index contributed by atoms with van der Waals surface area (Å²) in [5.41, 5.74) is 6.25. The predicted octanol–water partition coefficient (Wildman–Crippen LogP) is 4.82. The van der Waals surface area contributed by atoms with Crippen molar-refractivity contribution in [2.45, 2.75) is 25.4 Å². The van der Waals surface area contributed by atoms with E-state index in [-0.39, 0.29) is 18.2 Å². The molecule has 2 aliphatic heterocycles. The minimum atomic E-state index is -0.643. The Bertz CT molecular complexity index is 2240. The van der Waals surface area contributed by atoms with Gasteiger partial charge in [0.05, 0.1) is 82.0 Å². The lowest BCUT2D eigenvalue weighted by molar-refractivity contribution is -0.136. The van der Waals surface area contributed by atoms with E-state index in [4.69, 9.17) is 33.4 Å². The second-order valence-electron chi connectivity index (χ2n) is 14.5.